The molecule has 3 aromatic rings. The van der Waals surface area contributed by atoms with Gasteiger partial charge in [-0.05, 0) is 30.3 Å². The maximum Gasteiger partial charge on any atom is 0.270 e. The van der Waals surface area contributed by atoms with Gasteiger partial charge in [0.2, 0.25) is 10.0 Å². The van der Waals surface area contributed by atoms with Crippen LogP contribution >= 0.6 is 11.3 Å². The third-order valence-corrected chi connectivity index (χ3v) is 7.78. The maximum absolute atomic E-state index is 13.1. The molecule has 1 aromatic heterocycles. The van der Waals surface area contributed by atoms with E-state index in [1.807, 2.05) is 5.38 Å². The van der Waals surface area contributed by atoms with E-state index in [1.165, 1.54) is 46.0 Å². The van der Waals surface area contributed by atoms with Crippen molar-refractivity contribution >= 4 is 27.0 Å². The van der Waals surface area contributed by atoms with Gasteiger partial charge < -0.3 is 0 Å². The maximum atomic E-state index is 13.1. The first kappa shape index (κ1) is 21.5. The van der Waals surface area contributed by atoms with E-state index in [2.05, 4.69) is 9.88 Å². The Morgan fingerprint density at radius 3 is 2.48 bits per heavy atom. The molecule has 0 bridgehead atoms. The van der Waals surface area contributed by atoms with E-state index in [0.29, 0.717) is 32.7 Å². The predicted octanol–water partition coefficient (Wildman–Crippen LogP) is 3.36. The summed E-state index contributed by atoms with van der Waals surface area (Å²) in [6.45, 7) is 2.23. The fourth-order valence-electron chi connectivity index (χ4n) is 3.36. The van der Waals surface area contributed by atoms with E-state index in [1.54, 1.807) is 12.1 Å². The van der Waals surface area contributed by atoms with Crippen LogP contribution in [0.15, 0.2) is 58.8 Å². The summed E-state index contributed by atoms with van der Waals surface area (Å²) in [4.78, 5) is 17.0. The number of rotatable bonds is 6. The average Bonchev–Trinajstić information content (AvgIpc) is 3.23. The van der Waals surface area contributed by atoms with Crippen LogP contribution in [-0.2, 0) is 16.6 Å². The number of aromatic nitrogens is 1. The van der Waals surface area contributed by atoms with Gasteiger partial charge in [-0.25, -0.2) is 17.8 Å². The smallest absolute Gasteiger partial charge is 0.270 e. The molecule has 11 heteroatoms. The van der Waals surface area contributed by atoms with Crippen molar-refractivity contribution < 1.29 is 17.7 Å². The molecule has 0 atom stereocenters. The SMILES string of the molecule is O=[N+]([O-])c1cccc(S(=O)(=O)N2CCN(Cc3nc(-c4ccc(F)cc4)cs3)CC2)c1. The van der Waals surface area contributed by atoms with Crippen molar-refractivity contribution in [2.75, 3.05) is 26.2 Å². The zero-order valence-corrected chi connectivity index (χ0v) is 18.0. The molecule has 1 aliphatic heterocycles. The Morgan fingerprint density at radius 1 is 1.10 bits per heavy atom. The lowest BCUT2D eigenvalue weighted by Crippen LogP contribution is -2.48. The fourth-order valence-corrected chi connectivity index (χ4v) is 5.67. The van der Waals surface area contributed by atoms with Crippen LogP contribution in [-0.4, -0.2) is 53.7 Å². The summed E-state index contributed by atoms with van der Waals surface area (Å²) in [5, 5.41) is 13.8. The van der Waals surface area contributed by atoms with Crippen LogP contribution < -0.4 is 0 Å². The van der Waals surface area contributed by atoms with E-state index >= 15 is 0 Å². The second kappa shape index (κ2) is 8.79. The van der Waals surface area contributed by atoms with Gasteiger partial charge in [0, 0.05) is 49.3 Å². The van der Waals surface area contributed by atoms with Crippen LogP contribution in [0.5, 0.6) is 0 Å². The number of halogens is 1. The highest BCUT2D eigenvalue weighted by Crippen LogP contribution is 2.25. The third kappa shape index (κ3) is 4.79. The molecule has 31 heavy (non-hydrogen) atoms. The standard InChI is InChI=1S/C20H19FN4O4S2/c21-16-6-4-15(5-7-16)19-14-30-20(22-19)13-23-8-10-24(11-9-23)31(28,29)18-3-1-2-17(12-18)25(26)27/h1-7,12,14H,8-11,13H2. The number of nitro groups is 1. The Labute approximate surface area is 182 Å². The third-order valence-electron chi connectivity index (χ3n) is 5.05. The highest BCUT2D eigenvalue weighted by atomic mass is 32.2. The summed E-state index contributed by atoms with van der Waals surface area (Å²) in [6, 6.07) is 11.3. The molecule has 2 heterocycles. The number of nitrogens with zero attached hydrogens (tertiary/aromatic N) is 4. The normalized spacial score (nSPS) is 15.8. The minimum absolute atomic E-state index is 0.0704. The molecule has 0 unspecified atom stereocenters. The van der Waals surface area contributed by atoms with Crippen molar-refractivity contribution in [3.63, 3.8) is 0 Å². The Hall–Kier alpha value is -2.73. The van der Waals surface area contributed by atoms with Crippen LogP contribution in [0.4, 0.5) is 10.1 Å². The number of hydrogen-bond donors (Lipinski definition) is 0. The lowest BCUT2D eigenvalue weighted by Gasteiger charge is -2.33. The highest BCUT2D eigenvalue weighted by molar-refractivity contribution is 7.89. The highest BCUT2D eigenvalue weighted by Gasteiger charge is 2.29. The van der Waals surface area contributed by atoms with Gasteiger partial charge in [-0.3, -0.25) is 15.0 Å². The van der Waals surface area contributed by atoms with Crippen LogP contribution in [0, 0.1) is 15.9 Å². The topological polar surface area (TPSA) is 96.6 Å². The summed E-state index contributed by atoms with van der Waals surface area (Å²) in [7, 11) is -3.79. The van der Waals surface area contributed by atoms with Crippen molar-refractivity contribution in [2.24, 2.45) is 0 Å². The van der Waals surface area contributed by atoms with Crippen molar-refractivity contribution in [3.05, 3.63) is 74.9 Å². The number of nitro benzene ring substituents is 1. The number of thiazole rings is 1. The van der Waals surface area contributed by atoms with Crippen LogP contribution in [0.3, 0.4) is 0 Å². The van der Waals surface area contributed by atoms with Crippen LogP contribution in [0.2, 0.25) is 0 Å². The second-order valence-electron chi connectivity index (χ2n) is 7.07. The van der Waals surface area contributed by atoms with Crippen molar-refractivity contribution in [3.8, 4) is 11.3 Å². The quantitative estimate of drug-likeness (QED) is 0.412. The second-order valence-corrected chi connectivity index (χ2v) is 9.95. The number of sulfonamides is 1. The number of non-ortho nitro benzene ring substituents is 1. The minimum atomic E-state index is -3.79. The number of benzene rings is 2. The molecule has 4 rings (SSSR count). The molecule has 162 valence electrons. The Kier molecular flexibility index (Phi) is 6.10. The molecule has 0 radical (unpaired) electrons. The molecule has 0 aliphatic carbocycles. The summed E-state index contributed by atoms with van der Waals surface area (Å²) >= 11 is 1.51. The molecule has 0 N–H and O–H groups in total. The summed E-state index contributed by atoms with van der Waals surface area (Å²) in [5.41, 5.74) is 1.38. The number of piperazine rings is 1. The lowest BCUT2D eigenvalue weighted by atomic mass is 10.2. The minimum Gasteiger partial charge on any atom is -0.294 e. The Bertz CT molecular complexity index is 1190. The van der Waals surface area contributed by atoms with Gasteiger partial charge in [-0.2, -0.15) is 4.31 Å². The van der Waals surface area contributed by atoms with Gasteiger partial charge in [0.15, 0.2) is 0 Å². The van der Waals surface area contributed by atoms with E-state index < -0.39 is 14.9 Å². The number of hydrogen-bond acceptors (Lipinski definition) is 7. The van der Waals surface area contributed by atoms with E-state index in [9.17, 15) is 22.9 Å². The summed E-state index contributed by atoms with van der Waals surface area (Å²) in [6.07, 6.45) is 0. The van der Waals surface area contributed by atoms with Crippen LogP contribution in [0.1, 0.15) is 5.01 Å². The van der Waals surface area contributed by atoms with Gasteiger partial charge in [0.05, 0.1) is 22.1 Å². The molecule has 8 nitrogen and oxygen atoms in total. The molecule has 2 aromatic carbocycles. The molecule has 1 fully saturated rings. The average molecular weight is 463 g/mol. The van der Waals surface area contributed by atoms with Crippen LogP contribution in [0.25, 0.3) is 11.3 Å². The molecule has 0 amide bonds. The Balaban J connectivity index is 1.38. The molecular formula is C20H19FN4O4S2. The fraction of sp³-hybridized carbons (Fsp3) is 0.250. The molecule has 0 spiro atoms. The molecule has 1 aliphatic rings. The largest absolute Gasteiger partial charge is 0.294 e. The summed E-state index contributed by atoms with van der Waals surface area (Å²) < 4.78 is 40.2. The first-order valence-corrected chi connectivity index (χ1v) is 11.8. The van der Waals surface area contributed by atoms with E-state index in [4.69, 9.17) is 0 Å². The first-order valence-electron chi connectivity index (χ1n) is 9.50. The van der Waals surface area contributed by atoms with Crippen molar-refractivity contribution in [1.29, 1.82) is 0 Å². The van der Waals surface area contributed by atoms with Crippen molar-refractivity contribution in [1.82, 2.24) is 14.2 Å². The van der Waals surface area contributed by atoms with E-state index in [-0.39, 0.29) is 16.4 Å². The van der Waals surface area contributed by atoms with Gasteiger partial charge in [0.25, 0.3) is 5.69 Å². The predicted molar refractivity (Wildman–Crippen MR) is 115 cm³/mol. The van der Waals surface area contributed by atoms with E-state index in [0.717, 1.165) is 22.3 Å². The molecule has 1 saturated heterocycles. The lowest BCUT2D eigenvalue weighted by molar-refractivity contribution is -0.385. The first-order chi connectivity index (χ1) is 14.8. The van der Waals surface area contributed by atoms with Gasteiger partial charge in [-0.1, -0.05) is 6.07 Å². The van der Waals surface area contributed by atoms with Crippen molar-refractivity contribution in [2.45, 2.75) is 11.4 Å². The Morgan fingerprint density at radius 2 is 1.81 bits per heavy atom. The zero-order valence-electron chi connectivity index (χ0n) is 16.3. The van der Waals surface area contributed by atoms with Gasteiger partial charge in [0.1, 0.15) is 10.8 Å². The van der Waals surface area contributed by atoms with Gasteiger partial charge in [-0.15, -0.1) is 11.3 Å². The van der Waals surface area contributed by atoms with Gasteiger partial charge >= 0.3 is 0 Å². The molecule has 0 saturated carbocycles. The monoisotopic (exact) mass is 462 g/mol. The molecular weight excluding hydrogens is 443 g/mol. The zero-order chi connectivity index (χ0) is 22.0. The summed E-state index contributed by atoms with van der Waals surface area (Å²) in [5.74, 6) is -0.294.